The molecule has 0 aromatic carbocycles. The van der Waals surface area contributed by atoms with E-state index in [0.717, 1.165) is 96.3 Å². The third-order valence-electron chi connectivity index (χ3n) is 12.7. The molecule has 0 saturated carbocycles. The molecule has 0 aromatic heterocycles. The Morgan fingerprint density at radius 2 is 0.529 bits per heavy atom. The minimum Gasteiger partial charge on any atom is -0.462 e. The molecule has 0 rings (SSSR count). The molecular weight excluding hydrogens is 841 g/mol. The van der Waals surface area contributed by atoms with Crippen molar-refractivity contribution in [2.45, 2.75) is 303 Å². The quantitative estimate of drug-likeness (QED) is 0.0262. The maximum absolute atomic E-state index is 12.9. The molecule has 1 atom stereocenters. The van der Waals surface area contributed by atoms with E-state index in [1.807, 2.05) is 0 Å². The van der Waals surface area contributed by atoms with Crippen LogP contribution in [0, 0.1) is 0 Å². The van der Waals surface area contributed by atoms with Gasteiger partial charge in [-0.2, -0.15) is 0 Å². The fourth-order valence-corrected chi connectivity index (χ4v) is 8.26. The van der Waals surface area contributed by atoms with E-state index >= 15 is 0 Å². The van der Waals surface area contributed by atoms with Crippen molar-refractivity contribution in [1.82, 2.24) is 0 Å². The molecule has 0 heterocycles. The third-order valence-corrected chi connectivity index (χ3v) is 12.7. The molecule has 0 aliphatic heterocycles. The highest BCUT2D eigenvalue weighted by atomic mass is 16.6. The van der Waals surface area contributed by atoms with Crippen LogP contribution in [-0.2, 0) is 28.6 Å². The first-order valence-electron chi connectivity index (χ1n) is 29.3. The highest BCUT2D eigenvalue weighted by Gasteiger charge is 2.19. The Labute approximate surface area is 421 Å². The van der Waals surface area contributed by atoms with E-state index in [1.165, 1.54) is 161 Å². The summed E-state index contributed by atoms with van der Waals surface area (Å²) in [5, 5.41) is 0. The van der Waals surface area contributed by atoms with Gasteiger partial charge in [0.1, 0.15) is 13.2 Å². The van der Waals surface area contributed by atoms with Crippen molar-refractivity contribution in [2.75, 3.05) is 13.2 Å². The Bertz CT molecular complexity index is 1230. The van der Waals surface area contributed by atoms with Crippen LogP contribution in [0.2, 0.25) is 0 Å². The van der Waals surface area contributed by atoms with Gasteiger partial charge in [0.15, 0.2) is 6.10 Å². The standard InChI is InChI=1S/C62H110O6/c1-4-7-10-13-16-19-22-25-28-30-31-32-35-37-40-43-46-49-52-55-61(64)67-58-59(57-66-60(63)54-51-48-45-42-39-36-33-27-24-21-18-15-12-9-6-3)68-62(65)56-53-50-47-44-41-38-34-29-26-23-20-17-14-11-8-5-2/h16,18-19,21,25,27-29,33-34,59H,4-15,17,20,22-24,26,30-32,35-58H2,1-3H3/b19-16-,21-18-,28-25-,33-27-,34-29-/t59-/m1/s1. The predicted octanol–water partition coefficient (Wildman–Crippen LogP) is 19.6. The van der Waals surface area contributed by atoms with Gasteiger partial charge in [-0.15, -0.1) is 0 Å². The van der Waals surface area contributed by atoms with Crippen LogP contribution in [-0.4, -0.2) is 37.2 Å². The maximum atomic E-state index is 12.9. The zero-order valence-corrected chi connectivity index (χ0v) is 45.1. The molecule has 0 amide bonds. The van der Waals surface area contributed by atoms with Crippen molar-refractivity contribution in [3.63, 3.8) is 0 Å². The fourth-order valence-electron chi connectivity index (χ4n) is 8.26. The summed E-state index contributed by atoms with van der Waals surface area (Å²) >= 11 is 0. The van der Waals surface area contributed by atoms with Crippen molar-refractivity contribution in [3.8, 4) is 0 Å². The lowest BCUT2D eigenvalue weighted by Crippen LogP contribution is -2.30. The predicted molar refractivity (Wildman–Crippen MR) is 293 cm³/mol. The molecule has 0 aromatic rings. The molecule has 0 saturated heterocycles. The van der Waals surface area contributed by atoms with Gasteiger partial charge < -0.3 is 14.2 Å². The molecule has 6 nitrogen and oxygen atoms in total. The molecule has 0 spiro atoms. The van der Waals surface area contributed by atoms with Gasteiger partial charge in [0.25, 0.3) is 0 Å². The van der Waals surface area contributed by atoms with Gasteiger partial charge in [-0.05, 0) is 109 Å². The number of rotatable bonds is 53. The van der Waals surface area contributed by atoms with Gasteiger partial charge in [0.05, 0.1) is 0 Å². The lowest BCUT2D eigenvalue weighted by atomic mass is 10.1. The second-order valence-corrected chi connectivity index (χ2v) is 19.5. The maximum Gasteiger partial charge on any atom is 0.306 e. The summed E-state index contributed by atoms with van der Waals surface area (Å²) in [4.78, 5) is 38.2. The van der Waals surface area contributed by atoms with Gasteiger partial charge in [0.2, 0.25) is 0 Å². The number of unbranched alkanes of at least 4 members (excludes halogenated alkanes) is 32. The van der Waals surface area contributed by atoms with E-state index in [-0.39, 0.29) is 31.1 Å². The molecule has 394 valence electrons. The number of ether oxygens (including phenoxy) is 3. The van der Waals surface area contributed by atoms with Crippen LogP contribution in [0.15, 0.2) is 60.8 Å². The molecule has 0 aliphatic carbocycles. The van der Waals surface area contributed by atoms with E-state index in [4.69, 9.17) is 14.2 Å². The number of allylic oxidation sites excluding steroid dienone is 10. The van der Waals surface area contributed by atoms with Crippen molar-refractivity contribution >= 4 is 17.9 Å². The monoisotopic (exact) mass is 951 g/mol. The SMILES string of the molecule is CCCCC/C=C\C/C=C\CCCCCCCCCCCC(=O)OC[C@@H](COC(=O)CCCCCCC/C=C\C/C=C\CCCCC)OC(=O)CCCCCCC/C=C\CCCCCCCCC. The Balaban J connectivity index is 4.39. The van der Waals surface area contributed by atoms with Crippen LogP contribution in [0.3, 0.4) is 0 Å². The first-order valence-corrected chi connectivity index (χ1v) is 29.3. The van der Waals surface area contributed by atoms with Gasteiger partial charge in [-0.1, -0.05) is 229 Å². The topological polar surface area (TPSA) is 78.9 Å². The molecular formula is C62H110O6. The van der Waals surface area contributed by atoms with E-state index in [2.05, 4.69) is 81.5 Å². The van der Waals surface area contributed by atoms with E-state index in [0.29, 0.717) is 19.3 Å². The van der Waals surface area contributed by atoms with Crippen molar-refractivity contribution in [3.05, 3.63) is 60.8 Å². The Hall–Kier alpha value is -2.89. The summed E-state index contributed by atoms with van der Waals surface area (Å²) in [5.74, 6) is -0.899. The van der Waals surface area contributed by atoms with E-state index in [1.54, 1.807) is 0 Å². The number of esters is 3. The third kappa shape index (κ3) is 54.1. The summed E-state index contributed by atoms with van der Waals surface area (Å²) in [6, 6.07) is 0. The van der Waals surface area contributed by atoms with Crippen molar-refractivity contribution in [2.24, 2.45) is 0 Å². The summed E-state index contributed by atoms with van der Waals surface area (Å²) in [6.07, 6.45) is 70.6. The molecule has 0 aliphatic rings. The molecule has 0 N–H and O–H groups in total. The number of carbonyl (C=O) groups excluding carboxylic acids is 3. The summed E-state index contributed by atoms with van der Waals surface area (Å²) in [5.41, 5.74) is 0. The highest BCUT2D eigenvalue weighted by molar-refractivity contribution is 5.71. The van der Waals surface area contributed by atoms with Gasteiger partial charge in [-0.3, -0.25) is 14.4 Å². The molecule has 0 fully saturated rings. The summed E-state index contributed by atoms with van der Waals surface area (Å²) in [6.45, 7) is 6.59. The average molecular weight is 952 g/mol. The highest BCUT2D eigenvalue weighted by Crippen LogP contribution is 2.15. The minimum absolute atomic E-state index is 0.0833. The normalized spacial score (nSPS) is 12.5. The van der Waals surface area contributed by atoms with Crippen LogP contribution in [0.4, 0.5) is 0 Å². The lowest BCUT2D eigenvalue weighted by Gasteiger charge is -2.18. The van der Waals surface area contributed by atoms with Gasteiger partial charge in [0, 0.05) is 19.3 Å². The van der Waals surface area contributed by atoms with Crippen molar-refractivity contribution < 1.29 is 28.6 Å². The number of hydrogen-bond acceptors (Lipinski definition) is 6. The van der Waals surface area contributed by atoms with Gasteiger partial charge >= 0.3 is 17.9 Å². The lowest BCUT2D eigenvalue weighted by molar-refractivity contribution is -0.167. The second-order valence-electron chi connectivity index (χ2n) is 19.5. The van der Waals surface area contributed by atoms with Crippen LogP contribution >= 0.6 is 0 Å². The summed E-state index contributed by atoms with van der Waals surface area (Å²) < 4.78 is 16.9. The van der Waals surface area contributed by atoms with Crippen LogP contribution in [0.5, 0.6) is 0 Å². The molecule has 0 bridgehead atoms. The zero-order chi connectivity index (χ0) is 49.3. The Morgan fingerprint density at radius 1 is 0.294 bits per heavy atom. The molecule has 68 heavy (non-hydrogen) atoms. The van der Waals surface area contributed by atoms with Crippen molar-refractivity contribution in [1.29, 1.82) is 0 Å². The smallest absolute Gasteiger partial charge is 0.306 e. The number of hydrogen-bond donors (Lipinski definition) is 0. The van der Waals surface area contributed by atoms with Gasteiger partial charge in [-0.25, -0.2) is 0 Å². The minimum atomic E-state index is -0.786. The van der Waals surface area contributed by atoms with Crippen LogP contribution in [0.1, 0.15) is 297 Å². The summed E-state index contributed by atoms with van der Waals surface area (Å²) in [7, 11) is 0. The zero-order valence-electron chi connectivity index (χ0n) is 45.1. The van der Waals surface area contributed by atoms with Crippen LogP contribution < -0.4 is 0 Å². The average Bonchev–Trinajstić information content (AvgIpc) is 3.34. The first kappa shape index (κ1) is 65.1. The fraction of sp³-hybridized carbons (Fsp3) is 0.790. The van der Waals surface area contributed by atoms with E-state index < -0.39 is 6.10 Å². The number of carbonyl (C=O) groups is 3. The Morgan fingerprint density at radius 3 is 0.853 bits per heavy atom. The molecule has 6 heteroatoms. The second kappa shape index (κ2) is 56.7. The van der Waals surface area contributed by atoms with E-state index in [9.17, 15) is 14.4 Å². The van der Waals surface area contributed by atoms with Crippen LogP contribution in [0.25, 0.3) is 0 Å². The largest absolute Gasteiger partial charge is 0.462 e. The molecule has 0 radical (unpaired) electrons. The first-order chi connectivity index (χ1) is 33.5. The molecule has 0 unspecified atom stereocenters. The Kier molecular flexibility index (Phi) is 54.3.